The average Bonchev–Trinajstić information content (AvgIpc) is 2.68. The Balaban J connectivity index is 1.79. The number of nitrogens with one attached hydrogen (secondary N) is 2. The molecule has 0 saturated heterocycles. The second kappa shape index (κ2) is 10.8. The van der Waals surface area contributed by atoms with Gasteiger partial charge in [-0.05, 0) is 56.1 Å². The number of ether oxygens (including phenoxy) is 1. The van der Waals surface area contributed by atoms with Crippen LogP contribution in [0.1, 0.15) is 28.4 Å². The van der Waals surface area contributed by atoms with Gasteiger partial charge in [0.15, 0.2) is 0 Å². The van der Waals surface area contributed by atoms with Gasteiger partial charge in [0.1, 0.15) is 5.75 Å². The monoisotopic (exact) mass is 447 g/mol. The molecule has 6 nitrogen and oxygen atoms in total. The number of likely N-dealkylation sites (N-methyl/N-ethyl adjacent to an activating group) is 1. The SMILES string of the molecule is COc1ccc(C(CNC(=O)CCNC(=O)c2ccc(Br)cc2)N(C)C)cc1. The Morgan fingerprint density at radius 1 is 1.04 bits per heavy atom. The molecule has 1 atom stereocenters. The normalized spacial score (nSPS) is 11.8. The number of halogens is 1. The van der Waals surface area contributed by atoms with E-state index in [1.54, 1.807) is 19.2 Å². The summed E-state index contributed by atoms with van der Waals surface area (Å²) >= 11 is 3.33. The minimum atomic E-state index is -0.190. The van der Waals surface area contributed by atoms with Crippen LogP contribution in [0.4, 0.5) is 0 Å². The van der Waals surface area contributed by atoms with Crippen molar-refractivity contribution in [2.75, 3.05) is 34.3 Å². The highest BCUT2D eigenvalue weighted by molar-refractivity contribution is 9.10. The van der Waals surface area contributed by atoms with E-state index in [1.165, 1.54) is 0 Å². The molecule has 0 aliphatic rings. The predicted molar refractivity (Wildman–Crippen MR) is 114 cm³/mol. The molecule has 0 spiro atoms. The van der Waals surface area contributed by atoms with Gasteiger partial charge in [0.25, 0.3) is 5.91 Å². The lowest BCUT2D eigenvalue weighted by atomic mass is 10.1. The molecule has 0 aliphatic heterocycles. The molecular formula is C21H26BrN3O3. The van der Waals surface area contributed by atoms with Crippen molar-refractivity contribution >= 4 is 27.7 Å². The molecule has 150 valence electrons. The Labute approximate surface area is 174 Å². The number of amides is 2. The summed E-state index contributed by atoms with van der Waals surface area (Å²) in [7, 11) is 5.58. The van der Waals surface area contributed by atoms with Crippen molar-refractivity contribution in [3.05, 3.63) is 64.1 Å². The Bertz CT molecular complexity index is 776. The second-order valence-corrected chi connectivity index (χ2v) is 7.49. The van der Waals surface area contributed by atoms with Crippen molar-refractivity contribution in [3.63, 3.8) is 0 Å². The predicted octanol–water partition coefficient (Wildman–Crippen LogP) is 3.00. The number of benzene rings is 2. The maximum Gasteiger partial charge on any atom is 0.251 e. The van der Waals surface area contributed by atoms with Gasteiger partial charge < -0.3 is 20.3 Å². The van der Waals surface area contributed by atoms with E-state index < -0.39 is 0 Å². The number of carbonyl (C=O) groups excluding carboxylic acids is 2. The Morgan fingerprint density at radius 2 is 1.68 bits per heavy atom. The third kappa shape index (κ3) is 6.65. The minimum absolute atomic E-state index is 0.0483. The van der Waals surface area contributed by atoms with Gasteiger partial charge in [-0.1, -0.05) is 28.1 Å². The van der Waals surface area contributed by atoms with E-state index in [4.69, 9.17) is 4.74 Å². The summed E-state index contributed by atoms with van der Waals surface area (Å²) in [5.74, 6) is 0.507. The fraction of sp³-hybridized carbons (Fsp3) is 0.333. The quantitative estimate of drug-likeness (QED) is 0.619. The highest BCUT2D eigenvalue weighted by Gasteiger charge is 2.15. The summed E-state index contributed by atoms with van der Waals surface area (Å²) in [6.07, 6.45) is 0.227. The van der Waals surface area contributed by atoms with Gasteiger partial charge in [0.05, 0.1) is 13.2 Å². The molecule has 0 aliphatic carbocycles. The fourth-order valence-electron chi connectivity index (χ4n) is 2.72. The highest BCUT2D eigenvalue weighted by atomic mass is 79.9. The van der Waals surface area contributed by atoms with Crippen LogP contribution in [0.25, 0.3) is 0 Å². The van der Waals surface area contributed by atoms with E-state index >= 15 is 0 Å². The van der Waals surface area contributed by atoms with Crippen molar-refractivity contribution in [1.82, 2.24) is 15.5 Å². The Kier molecular flexibility index (Phi) is 8.47. The van der Waals surface area contributed by atoms with Crippen molar-refractivity contribution in [1.29, 1.82) is 0 Å². The van der Waals surface area contributed by atoms with Gasteiger partial charge in [-0.3, -0.25) is 9.59 Å². The van der Waals surface area contributed by atoms with Crippen LogP contribution < -0.4 is 15.4 Å². The lowest BCUT2D eigenvalue weighted by Gasteiger charge is -2.25. The van der Waals surface area contributed by atoms with Gasteiger partial charge >= 0.3 is 0 Å². The number of carbonyl (C=O) groups is 2. The van der Waals surface area contributed by atoms with Gasteiger partial charge in [-0.2, -0.15) is 0 Å². The van der Waals surface area contributed by atoms with Crippen LogP contribution in [-0.2, 0) is 4.79 Å². The lowest BCUT2D eigenvalue weighted by Crippen LogP contribution is -2.36. The first-order chi connectivity index (χ1) is 13.4. The topological polar surface area (TPSA) is 70.7 Å². The highest BCUT2D eigenvalue weighted by Crippen LogP contribution is 2.20. The maximum absolute atomic E-state index is 12.2. The molecule has 0 heterocycles. The molecule has 7 heteroatoms. The maximum atomic E-state index is 12.2. The zero-order chi connectivity index (χ0) is 20.5. The third-order valence-electron chi connectivity index (χ3n) is 4.36. The largest absolute Gasteiger partial charge is 0.497 e. The first-order valence-corrected chi connectivity index (χ1v) is 9.81. The molecule has 0 fully saturated rings. The molecule has 2 N–H and O–H groups in total. The van der Waals surface area contributed by atoms with E-state index in [2.05, 4.69) is 31.5 Å². The molecule has 0 bridgehead atoms. The van der Waals surface area contributed by atoms with Crippen LogP contribution in [0.3, 0.4) is 0 Å². The summed E-state index contributed by atoms with van der Waals surface area (Å²) in [6, 6.07) is 14.9. The number of hydrogen-bond donors (Lipinski definition) is 2. The molecule has 2 amide bonds. The van der Waals surface area contributed by atoms with E-state index in [1.807, 2.05) is 50.5 Å². The zero-order valence-electron chi connectivity index (χ0n) is 16.4. The standard InChI is InChI=1S/C21H26BrN3O3/c1-25(2)19(15-6-10-18(28-3)11-7-15)14-24-20(26)12-13-23-21(27)16-4-8-17(22)9-5-16/h4-11,19H,12-14H2,1-3H3,(H,23,27)(H,24,26). The zero-order valence-corrected chi connectivity index (χ0v) is 18.0. The van der Waals surface area contributed by atoms with Crippen LogP contribution in [0, 0.1) is 0 Å². The van der Waals surface area contributed by atoms with Crippen LogP contribution >= 0.6 is 15.9 Å². The molecule has 2 rings (SSSR count). The molecule has 2 aromatic carbocycles. The molecule has 28 heavy (non-hydrogen) atoms. The fourth-order valence-corrected chi connectivity index (χ4v) is 2.98. The van der Waals surface area contributed by atoms with Crippen LogP contribution in [-0.4, -0.2) is 51.0 Å². The van der Waals surface area contributed by atoms with Gasteiger partial charge in [0, 0.05) is 29.5 Å². The Morgan fingerprint density at radius 3 is 2.25 bits per heavy atom. The van der Waals surface area contributed by atoms with Gasteiger partial charge in [0.2, 0.25) is 5.91 Å². The summed E-state index contributed by atoms with van der Waals surface area (Å²) in [6.45, 7) is 0.773. The molecule has 2 aromatic rings. The van der Waals surface area contributed by atoms with Gasteiger partial charge in [-0.15, -0.1) is 0 Å². The number of rotatable bonds is 9. The molecular weight excluding hydrogens is 422 g/mol. The van der Waals surface area contributed by atoms with Crippen molar-refractivity contribution in [3.8, 4) is 5.75 Å². The molecule has 0 radical (unpaired) electrons. The van der Waals surface area contributed by atoms with Crippen LogP contribution in [0.5, 0.6) is 5.75 Å². The van der Waals surface area contributed by atoms with Crippen molar-refractivity contribution in [2.45, 2.75) is 12.5 Å². The van der Waals surface area contributed by atoms with E-state index in [0.717, 1.165) is 15.8 Å². The van der Waals surface area contributed by atoms with Crippen molar-refractivity contribution in [2.24, 2.45) is 0 Å². The van der Waals surface area contributed by atoms with Crippen LogP contribution in [0.15, 0.2) is 53.0 Å². The molecule has 0 saturated carbocycles. The smallest absolute Gasteiger partial charge is 0.251 e. The first kappa shape index (κ1) is 21.9. The first-order valence-electron chi connectivity index (χ1n) is 9.01. The van der Waals surface area contributed by atoms with E-state index in [-0.39, 0.29) is 30.8 Å². The lowest BCUT2D eigenvalue weighted by molar-refractivity contribution is -0.121. The van der Waals surface area contributed by atoms with Crippen LogP contribution in [0.2, 0.25) is 0 Å². The summed E-state index contributed by atoms with van der Waals surface area (Å²) in [5.41, 5.74) is 1.66. The molecule has 0 aromatic heterocycles. The number of methoxy groups -OCH3 is 1. The van der Waals surface area contributed by atoms with E-state index in [0.29, 0.717) is 12.1 Å². The summed E-state index contributed by atoms with van der Waals surface area (Å²) in [5, 5.41) is 5.71. The van der Waals surface area contributed by atoms with Crippen molar-refractivity contribution < 1.29 is 14.3 Å². The van der Waals surface area contributed by atoms with E-state index in [9.17, 15) is 9.59 Å². The Hall–Kier alpha value is -2.38. The number of nitrogens with zero attached hydrogens (tertiary/aromatic N) is 1. The van der Waals surface area contributed by atoms with Gasteiger partial charge in [-0.25, -0.2) is 0 Å². The second-order valence-electron chi connectivity index (χ2n) is 6.57. The number of hydrogen-bond acceptors (Lipinski definition) is 4. The third-order valence-corrected chi connectivity index (χ3v) is 4.89. The minimum Gasteiger partial charge on any atom is -0.497 e. The summed E-state index contributed by atoms with van der Waals surface area (Å²) in [4.78, 5) is 26.3. The molecule has 1 unspecified atom stereocenters. The summed E-state index contributed by atoms with van der Waals surface area (Å²) < 4.78 is 6.10. The average molecular weight is 448 g/mol.